The van der Waals surface area contributed by atoms with Crippen molar-refractivity contribution in [3.8, 4) is 0 Å². The lowest BCUT2D eigenvalue weighted by Gasteiger charge is -2.17. The van der Waals surface area contributed by atoms with E-state index in [9.17, 15) is 9.59 Å². The van der Waals surface area contributed by atoms with Crippen LogP contribution in [0, 0.1) is 5.92 Å². The first kappa shape index (κ1) is 11.1. The Balaban J connectivity index is 2.29. The van der Waals surface area contributed by atoms with Crippen LogP contribution in [0.15, 0.2) is 0 Å². The summed E-state index contributed by atoms with van der Waals surface area (Å²) in [5.41, 5.74) is 5.20. The molecule has 1 saturated heterocycles. The van der Waals surface area contributed by atoms with Gasteiger partial charge in [0, 0.05) is 13.1 Å². The first-order valence-corrected chi connectivity index (χ1v) is 4.81. The molecule has 0 saturated carbocycles. The Kier molecular flexibility index (Phi) is 4.03. The molecule has 14 heavy (non-hydrogen) atoms. The number of carbonyl (C=O) groups is 2. The maximum atomic E-state index is 11.2. The molecule has 80 valence electrons. The summed E-state index contributed by atoms with van der Waals surface area (Å²) in [6, 6.07) is 0. The number of nitrogens with two attached hydrogens (primary N) is 1. The van der Waals surface area contributed by atoms with E-state index < -0.39 is 0 Å². The van der Waals surface area contributed by atoms with Crippen LogP contribution in [0.5, 0.6) is 0 Å². The fraction of sp³-hybridized carbons (Fsp3) is 0.778. The van der Waals surface area contributed by atoms with Gasteiger partial charge in [-0.25, -0.2) is 0 Å². The van der Waals surface area contributed by atoms with Crippen molar-refractivity contribution in [2.75, 3.05) is 33.2 Å². The van der Waals surface area contributed by atoms with Gasteiger partial charge in [-0.2, -0.15) is 0 Å². The fourth-order valence-electron chi connectivity index (χ4n) is 1.63. The van der Waals surface area contributed by atoms with Gasteiger partial charge in [0.2, 0.25) is 5.91 Å². The second-order valence-electron chi connectivity index (χ2n) is 3.72. The van der Waals surface area contributed by atoms with Gasteiger partial charge in [-0.1, -0.05) is 0 Å². The van der Waals surface area contributed by atoms with Crippen molar-refractivity contribution >= 4 is 11.7 Å². The van der Waals surface area contributed by atoms with Gasteiger partial charge in [-0.15, -0.1) is 0 Å². The minimum absolute atomic E-state index is 0.00547. The van der Waals surface area contributed by atoms with E-state index in [1.807, 2.05) is 11.9 Å². The first-order valence-electron chi connectivity index (χ1n) is 4.81. The third kappa shape index (κ3) is 3.08. The quantitative estimate of drug-likeness (QED) is 0.570. The SMILES string of the molecule is CN(CC(=O)CN)CC1CCNC1=O. The van der Waals surface area contributed by atoms with Crippen molar-refractivity contribution in [3.63, 3.8) is 0 Å². The van der Waals surface area contributed by atoms with Gasteiger partial charge in [0.15, 0.2) is 5.78 Å². The predicted octanol–water partition coefficient (Wildman–Crippen LogP) is -1.42. The molecule has 0 aromatic heterocycles. The molecule has 0 bridgehead atoms. The van der Waals surface area contributed by atoms with E-state index in [0.717, 1.165) is 13.0 Å². The highest BCUT2D eigenvalue weighted by molar-refractivity contribution is 5.83. The Hall–Kier alpha value is -0.940. The monoisotopic (exact) mass is 199 g/mol. The largest absolute Gasteiger partial charge is 0.356 e. The molecular weight excluding hydrogens is 182 g/mol. The Labute approximate surface area is 83.6 Å². The van der Waals surface area contributed by atoms with Gasteiger partial charge in [0.05, 0.1) is 19.0 Å². The second kappa shape index (κ2) is 5.07. The van der Waals surface area contributed by atoms with Crippen LogP contribution in [0.25, 0.3) is 0 Å². The summed E-state index contributed by atoms with van der Waals surface area (Å²) >= 11 is 0. The minimum atomic E-state index is 0.00547. The molecule has 0 radical (unpaired) electrons. The molecule has 0 aromatic rings. The van der Waals surface area contributed by atoms with Gasteiger partial charge in [-0.3, -0.25) is 14.5 Å². The molecule has 1 aliphatic rings. The molecule has 0 aromatic carbocycles. The zero-order valence-electron chi connectivity index (χ0n) is 8.45. The van der Waals surface area contributed by atoms with E-state index in [0.29, 0.717) is 13.1 Å². The molecular formula is C9H17N3O2. The molecule has 1 amide bonds. The van der Waals surface area contributed by atoms with Crippen molar-refractivity contribution in [1.29, 1.82) is 0 Å². The Bertz CT molecular complexity index is 230. The summed E-state index contributed by atoms with van der Waals surface area (Å²) in [7, 11) is 1.83. The molecule has 0 aliphatic carbocycles. The number of likely N-dealkylation sites (N-methyl/N-ethyl adjacent to an activating group) is 1. The summed E-state index contributed by atoms with van der Waals surface area (Å²) in [5.74, 6) is 0.133. The Morgan fingerprint density at radius 1 is 1.71 bits per heavy atom. The van der Waals surface area contributed by atoms with E-state index in [-0.39, 0.29) is 24.2 Å². The topological polar surface area (TPSA) is 75.4 Å². The normalized spacial score (nSPS) is 21.4. The molecule has 5 heteroatoms. The summed E-state index contributed by atoms with van der Waals surface area (Å²) < 4.78 is 0. The summed E-state index contributed by atoms with van der Waals surface area (Å²) in [5, 5.41) is 2.77. The minimum Gasteiger partial charge on any atom is -0.356 e. The van der Waals surface area contributed by atoms with Crippen LogP contribution < -0.4 is 11.1 Å². The summed E-state index contributed by atoms with van der Waals surface area (Å²) in [4.78, 5) is 24.1. The van der Waals surface area contributed by atoms with Crippen molar-refractivity contribution in [1.82, 2.24) is 10.2 Å². The number of amides is 1. The molecule has 0 spiro atoms. The van der Waals surface area contributed by atoms with Gasteiger partial charge in [0.25, 0.3) is 0 Å². The average molecular weight is 199 g/mol. The van der Waals surface area contributed by atoms with Crippen LogP contribution in [0.1, 0.15) is 6.42 Å². The zero-order chi connectivity index (χ0) is 10.6. The van der Waals surface area contributed by atoms with Gasteiger partial charge < -0.3 is 11.1 Å². The van der Waals surface area contributed by atoms with E-state index >= 15 is 0 Å². The van der Waals surface area contributed by atoms with Crippen LogP contribution in [0.4, 0.5) is 0 Å². The number of rotatable bonds is 5. The number of Topliss-reactive ketones (excluding diaryl/α,β-unsaturated/α-hetero) is 1. The standard InChI is InChI=1S/C9H17N3O2/c1-12(6-8(13)4-10)5-7-2-3-11-9(7)14/h7H,2-6,10H2,1H3,(H,11,14). The van der Waals surface area contributed by atoms with Crippen molar-refractivity contribution in [2.24, 2.45) is 11.7 Å². The first-order chi connectivity index (χ1) is 6.63. The molecule has 1 heterocycles. The molecule has 1 fully saturated rings. The Morgan fingerprint density at radius 2 is 2.43 bits per heavy atom. The van der Waals surface area contributed by atoms with E-state index in [1.165, 1.54) is 0 Å². The molecule has 1 aliphatic heterocycles. The molecule has 1 rings (SSSR count). The number of nitrogens with zero attached hydrogens (tertiary/aromatic N) is 1. The van der Waals surface area contributed by atoms with Gasteiger partial charge in [0.1, 0.15) is 0 Å². The number of ketones is 1. The maximum absolute atomic E-state index is 11.2. The molecule has 5 nitrogen and oxygen atoms in total. The van der Waals surface area contributed by atoms with Crippen LogP contribution in [0.2, 0.25) is 0 Å². The lowest BCUT2D eigenvalue weighted by molar-refractivity contribution is -0.124. The summed E-state index contributed by atoms with van der Waals surface area (Å²) in [6.07, 6.45) is 0.861. The third-order valence-electron chi connectivity index (χ3n) is 2.37. The van der Waals surface area contributed by atoms with Crippen LogP contribution in [0.3, 0.4) is 0 Å². The Morgan fingerprint density at radius 3 is 2.93 bits per heavy atom. The second-order valence-corrected chi connectivity index (χ2v) is 3.72. The molecule has 1 atom stereocenters. The smallest absolute Gasteiger partial charge is 0.224 e. The lowest BCUT2D eigenvalue weighted by Crippen LogP contribution is -2.35. The summed E-state index contributed by atoms with van der Waals surface area (Å²) in [6.45, 7) is 1.79. The highest BCUT2D eigenvalue weighted by Crippen LogP contribution is 2.10. The molecule has 3 N–H and O–H groups in total. The van der Waals surface area contributed by atoms with Gasteiger partial charge >= 0.3 is 0 Å². The zero-order valence-corrected chi connectivity index (χ0v) is 8.45. The third-order valence-corrected chi connectivity index (χ3v) is 2.37. The average Bonchev–Trinajstić information content (AvgIpc) is 2.51. The lowest BCUT2D eigenvalue weighted by atomic mass is 10.1. The highest BCUT2D eigenvalue weighted by Gasteiger charge is 2.25. The number of nitrogens with one attached hydrogen (secondary N) is 1. The van der Waals surface area contributed by atoms with Crippen LogP contribution in [-0.2, 0) is 9.59 Å². The number of hydrogen-bond acceptors (Lipinski definition) is 4. The van der Waals surface area contributed by atoms with E-state index in [1.54, 1.807) is 0 Å². The molecule has 1 unspecified atom stereocenters. The highest BCUT2D eigenvalue weighted by atomic mass is 16.2. The number of carbonyl (C=O) groups excluding carboxylic acids is 2. The van der Waals surface area contributed by atoms with Crippen molar-refractivity contribution in [2.45, 2.75) is 6.42 Å². The van der Waals surface area contributed by atoms with Crippen LogP contribution >= 0.6 is 0 Å². The van der Waals surface area contributed by atoms with Gasteiger partial charge in [-0.05, 0) is 13.5 Å². The van der Waals surface area contributed by atoms with Crippen molar-refractivity contribution < 1.29 is 9.59 Å². The fourth-order valence-corrected chi connectivity index (χ4v) is 1.63. The van der Waals surface area contributed by atoms with Crippen LogP contribution in [-0.4, -0.2) is 49.8 Å². The van der Waals surface area contributed by atoms with E-state index in [2.05, 4.69) is 5.32 Å². The van der Waals surface area contributed by atoms with E-state index in [4.69, 9.17) is 5.73 Å². The van der Waals surface area contributed by atoms with Crippen molar-refractivity contribution in [3.05, 3.63) is 0 Å². The maximum Gasteiger partial charge on any atom is 0.224 e. The number of hydrogen-bond donors (Lipinski definition) is 2. The predicted molar refractivity (Wildman–Crippen MR) is 52.7 cm³/mol.